The minimum atomic E-state index is -0.423. The summed E-state index contributed by atoms with van der Waals surface area (Å²) in [6, 6.07) is 7.02. The largest absolute Gasteiger partial charge is 0.472 e. The molecular formula is C18H20N2O4. The van der Waals surface area contributed by atoms with Gasteiger partial charge in [0.15, 0.2) is 0 Å². The lowest BCUT2D eigenvalue weighted by atomic mass is 10.1. The summed E-state index contributed by atoms with van der Waals surface area (Å²) in [5, 5.41) is 2.92. The summed E-state index contributed by atoms with van der Waals surface area (Å²) >= 11 is 0. The van der Waals surface area contributed by atoms with Crippen LogP contribution in [0.5, 0.6) is 0 Å². The molecule has 0 radical (unpaired) electrons. The molecule has 1 saturated heterocycles. The fourth-order valence-corrected chi connectivity index (χ4v) is 2.89. The van der Waals surface area contributed by atoms with Crippen LogP contribution in [0.2, 0.25) is 0 Å². The molecule has 0 spiro atoms. The second-order valence-corrected chi connectivity index (χ2v) is 5.77. The van der Waals surface area contributed by atoms with E-state index in [4.69, 9.17) is 9.15 Å². The Morgan fingerprint density at radius 3 is 2.71 bits per heavy atom. The van der Waals surface area contributed by atoms with Crippen molar-refractivity contribution in [2.45, 2.75) is 19.3 Å². The maximum absolute atomic E-state index is 12.3. The van der Waals surface area contributed by atoms with Gasteiger partial charge in [-0.2, -0.15) is 0 Å². The summed E-state index contributed by atoms with van der Waals surface area (Å²) in [5.41, 5.74) is 2.78. The van der Waals surface area contributed by atoms with Gasteiger partial charge in [0.2, 0.25) is 5.91 Å². The number of benzene rings is 1. The second kappa shape index (κ2) is 7.21. The monoisotopic (exact) mass is 328 g/mol. The quantitative estimate of drug-likeness (QED) is 0.855. The molecule has 1 aromatic carbocycles. The Labute approximate surface area is 140 Å². The molecule has 1 N–H and O–H groups in total. The first-order valence-electron chi connectivity index (χ1n) is 7.95. The van der Waals surface area contributed by atoms with Crippen LogP contribution in [0.1, 0.15) is 28.8 Å². The maximum atomic E-state index is 12.3. The zero-order valence-corrected chi connectivity index (χ0v) is 13.6. The standard InChI is InChI=1S/C18H20N2O4/c1-23-18(22)14-4-5-16(20-7-2-3-8-20)15(11-14)19-17(21)10-13-6-9-24-12-13/h4-6,9,11-12H,2-3,7-8,10H2,1H3,(H,19,21). The topological polar surface area (TPSA) is 71.8 Å². The van der Waals surface area contributed by atoms with E-state index in [0.29, 0.717) is 11.3 Å². The number of methoxy groups -OCH3 is 1. The van der Waals surface area contributed by atoms with Crippen molar-refractivity contribution in [1.82, 2.24) is 0 Å². The van der Waals surface area contributed by atoms with Crippen LogP contribution >= 0.6 is 0 Å². The molecule has 6 heteroatoms. The van der Waals surface area contributed by atoms with Gasteiger partial charge in [-0.15, -0.1) is 0 Å². The lowest BCUT2D eigenvalue weighted by Gasteiger charge is -2.22. The minimum Gasteiger partial charge on any atom is -0.472 e. The summed E-state index contributed by atoms with van der Waals surface area (Å²) in [7, 11) is 1.34. The summed E-state index contributed by atoms with van der Waals surface area (Å²) in [5.74, 6) is -0.577. The molecule has 1 aliphatic heterocycles. The Bertz CT molecular complexity index is 719. The first kappa shape index (κ1) is 16.1. The zero-order valence-electron chi connectivity index (χ0n) is 13.6. The fourth-order valence-electron chi connectivity index (χ4n) is 2.89. The highest BCUT2D eigenvalue weighted by molar-refractivity contribution is 5.98. The molecule has 0 saturated carbocycles. The zero-order chi connectivity index (χ0) is 16.9. The van der Waals surface area contributed by atoms with Gasteiger partial charge in [0.25, 0.3) is 0 Å². The first-order valence-corrected chi connectivity index (χ1v) is 7.95. The van der Waals surface area contributed by atoms with E-state index in [9.17, 15) is 9.59 Å². The van der Waals surface area contributed by atoms with E-state index in [0.717, 1.165) is 37.2 Å². The Hall–Kier alpha value is -2.76. The Morgan fingerprint density at radius 1 is 1.25 bits per heavy atom. The predicted octanol–water partition coefficient (Wildman–Crippen LogP) is 2.85. The molecule has 2 heterocycles. The average Bonchev–Trinajstić information content (AvgIpc) is 3.27. The van der Waals surface area contributed by atoms with Gasteiger partial charge < -0.3 is 19.4 Å². The lowest BCUT2D eigenvalue weighted by molar-refractivity contribution is -0.115. The fraction of sp³-hybridized carbons (Fsp3) is 0.333. The van der Waals surface area contributed by atoms with Gasteiger partial charge in [-0.3, -0.25) is 4.79 Å². The molecule has 0 atom stereocenters. The molecule has 1 fully saturated rings. The molecule has 0 bridgehead atoms. The third-order valence-electron chi connectivity index (χ3n) is 4.08. The molecular weight excluding hydrogens is 308 g/mol. The van der Waals surface area contributed by atoms with Crippen molar-refractivity contribution in [3.8, 4) is 0 Å². The highest BCUT2D eigenvalue weighted by atomic mass is 16.5. The summed E-state index contributed by atoms with van der Waals surface area (Å²) < 4.78 is 9.76. The number of carbonyl (C=O) groups is 2. The molecule has 1 aliphatic rings. The van der Waals surface area contributed by atoms with Gasteiger partial charge in [0.1, 0.15) is 0 Å². The van der Waals surface area contributed by atoms with Gasteiger partial charge >= 0.3 is 5.97 Å². The van der Waals surface area contributed by atoms with Crippen LogP contribution < -0.4 is 10.2 Å². The molecule has 126 valence electrons. The normalized spacial score (nSPS) is 13.8. The van der Waals surface area contributed by atoms with Crippen LogP contribution in [0.3, 0.4) is 0 Å². The number of hydrogen-bond acceptors (Lipinski definition) is 5. The summed E-state index contributed by atoms with van der Waals surface area (Å²) in [4.78, 5) is 26.3. The highest BCUT2D eigenvalue weighted by Crippen LogP contribution is 2.30. The SMILES string of the molecule is COC(=O)c1ccc(N2CCCC2)c(NC(=O)Cc2ccoc2)c1. The van der Waals surface area contributed by atoms with Crippen molar-refractivity contribution < 1.29 is 18.7 Å². The molecule has 0 aliphatic carbocycles. The molecule has 6 nitrogen and oxygen atoms in total. The second-order valence-electron chi connectivity index (χ2n) is 5.77. The van der Waals surface area contributed by atoms with Crippen molar-refractivity contribution in [2.24, 2.45) is 0 Å². The smallest absolute Gasteiger partial charge is 0.337 e. The van der Waals surface area contributed by atoms with E-state index in [1.165, 1.54) is 13.4 Å². The highest BCUT2D eigenvalue weighted by Gasteiger charge is 2.19. The molecule has 1 amide bonds. The first-order chi connectivity index (χ1) is 11.7. The minimum absolute atomic E-state index is 0.154. The third-order valence-corrected chi connectivity index (χ3v) is 4.08. The van der Waals surface area contributed by atoms with Crippen LogP contribution in [-0.4, -0.2) is 32.1 Å². The average molecular weight is 328 g/mol. The number of esters is 1. The van der Waals surface area contributed by atoms with E-state index < -0.39 is 5.97 Å². The molecule has 3 rings (SSSR count). The number of nitrogens with zero attached hydrogens (tertiary/aromatic N) is 1. The van der Waals surface area contributed by atoms with Gasteiger partial charge in [-0.1, -0.05) is 0 Å². The molecule has 0 unspecified atom stereocenters. The van der Waals surface area contributed by atoms with Crippen LogP contribution in [-0.2, 0) is 16.0 Å². The number of furan rings is 1. The van der Waals surface area contributed by atoms with Gasteiger partial charge in [0, 0.05) is 13.1 Å². The van der Waals surface area contributed by atoms with E-state index in [-0.39, 0.29) is 12.3 Å². The van der Waals surface area contributed by atoms with Crippen molar-refractivity contribution in [1.29, 1.82) is 0 Å². The van der Waals surface area contributed by atoms with Crippen LogP contribution in [0.25, 0.3) is 0 Å². The Balaban J connectivity index is 1.84. The van der Waals surface area contributed by atoms with Crippen molar-refractivity contribution >= 4 is 23.3 Å². The lowest BCUT2D eigenvalue weighted by Crippen LogP contribution is -2.22. The number of amides is 1. The number of anilines is 2. The third kappa shape index (κ3) is 3.59. The number of carbonyl (C=O) groups excluding carboxylic acids is 2. The van der Waals surface area contributed by atoms with Crippen LogP contribution in [0.4, 0.5) is 11.4 Å². The number of ether oxygens (including phenoxy) is 1. The predicted molar refractivity (Wildman–Crippen MR) is 90.3 cm³/mol. The van der Waals surface area contributed by atoms with Gasteiger partial charge in [0.05, 0.1) is 43.0 Å². The van der Waals surface area contributed by atoms with Crippen molar-refractivity contribution in [3.63, 3.8) is 0 Å². The van der Waals surface area contributed by atoms with Crippen molar-refractivity contribution in [2.75, 3.05) is 30.4 Å². The van der Waals surface area contributed by atoms with Gasteiger partial charge in [-0.05, 0) is 42.7 Å². The molecule has 2 aromatic rings. The van der Waals surface area contributed by atoms with Crippen LogP contribution in [0, 0.1) is 0 Å². The molecule has 1 aromatic heterocycles. The summed E-state index contributed by atoms with van der Waals surface area (Å²) in [6.07, 6.45) is 5.56. The summed E-state index contributed by atoms with van der Waals surface area (Å²) in [6.45, 7) is 1.89. The van der Waals surface area contributed by atoms with E-state index in [1.807, 2.05) is 6.07 Å². The van der Waals surface area contributed by atoms with E-state index in [2.05, 4.69) is 10.2 Å². The van der Waals surface area contributed by atoms with Crippen LogP contribution in [0.15, 0.2) is 41.2 Å². The number of hydrogen-bond donors (Lipinski definition) is 1. The Kier molecular flexibility index (Phi) is 4.84. The number of rotatable bonds is 5. The molecule has 24 heavy (non-hydrogen) atoms. The van der Waals surface area contributed by atoms with E-state index in [1.54, 1.807) is 24.5 Å². The number of nitrogens with one attached hydrogen (secondary N) is 1. The maximum Gasteiger partial charge on any atom is 0.337 e. The van der Waals surface area contributed by atoms with Gasteiger partial charge in [-0.25, -0.2) is 4.79 Å². The Morgan fingerprint density at radius 2 is 2.04 bits per heavy atom. The van der Waals surface area contributed by atoms with Crippen molar-refractivity contribution in [3.05, 3.63) is 47.9 Å². The van der Waals surface area contributed by atoms with E-state index >= 15 is 0 Å².